The minimum atomic E-state index is -0.338. The molecule has 0 spiro atoms. The summed E-state index contributed by atoms with van der Waals surface area (Å²) in [6.07, 6.45) is 0. The maximum absolute atomic E-state index is 12.6. The van der Waals surface area contributed by atoms with Gasteiger partial charge in [0.05, 0.1) is 11.1 Å². The maximum Gasteiger partial charge on any atom is 0.289 e. The van der Waals surface area contributed by atoms with Crippen molar-refractivity contribution >= 4 is 34.0 Å². The number of para-hydroxylation sites is 2. The Labute approximate surface area is 194 Å². The first-order valence-electron chi connectivity index (χ1n) is 10.4. The number of nitrogens with one attached hydrogen (secondary N) is 2. The predicted octanol–water partition coefficient (Wildman–Crippen LogP) is 5.69. The molecule has 0 aliphatic heterocycles. The molecule has 5 aromatic rings. The van der Waals surface area contributed by atoms with Gasteiger partial charge in [-0.3, -0.25) is 15.6 Å². The lowest BCUT2D eigenvalue weighted by Gasteiger charge is -2.10. The molecule has 0 aliphatic rings. The van der Waals surface area contributed by atoms with Crippen LogP contribution in [0, 0.1) is 0 Å². The second kappa shape index (κ2) is 9.50. The van der Waals surface area contributed by atoms with Crippen molar-refractivity contribution in [2.45, 2.75) is 6.61 Å². The second-order valence-electron chi connectivity index (χ2n) is 7.28. The number of benzene rings is 3. The van der Waals surface area contributed by atoms with E-state index in [2.05, 4.69) is 20.8 Å². The van der Waals surface area contributed by atoms with E-state index in [0.717, 1.165) is 27.8 Å². The Morgan fingerprint density at radius 1 is 0.848 bits per heavy atom. The number of aromatic nitrogens is 2. The van der Waals surface area contributed by atoms with Crippen molar-refractivity contribution in [3.05, 3.63) is 108 Å². The number of amides is 1. The van der Waals surface area contributed by atoms with Crippen molar-refractivity contribution in [1.82, 2.24) is 15.4 Å². The van der Waals surface area contributed by atoms with Gasteiger partial charge < -0.3 is 4.74 Å². The fourth-order valence-electron chi connectivity index (χ4n) is 3.33. The molecule has 5 rings (SSSR count). The molecular formula is C26H20N4O2S. The molecular weight excluding hydrogens is 432 g/mol. The summed E-state index contributed by atoms with van der Waals surface area (Å²) < 4.78 is 6.03. The maximum atomic E-state index is 12.6. The third-order valence-electron chi connectivity index (χ3n) is 4.99. The van der Waals surface area contributed by atoms with Gasteiger partial charge in [0.25, 0.3) is 5.91 Å². The van der Waals surface area contributed by atoms with Crippen LogP contribution in [-0.2, 0) is 6.61 Å². The van der Waals surface area contributed by atoms with Gasteiger partial charge in [0, 0.05) is 10.8 Å². The Morgan fingerprint density at radius 3 is 2.55 bits per heavy atom. The lowest BCUT2D eigenvalue weighted by Crippen LogP contribution is -2.30. The molecule has 0 atom stereocenters. The summed E-state index contributed by atoms with van der Waals surface area (Å²) in [5.74, 6) is 0.938. The van der Waals surface area contributed by atoms with E-state index in [4.69, 9.17) is 4.74 Å². The van der Waals surface area contributed by atoms with Gasteiger partial charge in [0.15, 0.2) is 0 Å². The lowest BCUT2D eigenvalue weighted by molar-refractivity contribution is 0.0958. The van der Waals surface area contributed by atoms with Crippen molar-refractivity contribution < 1.29 is 9.53 Å². The molecule has 0 radical (unpaired) electrons. The average molecular weight is 453 g/mol. The number of hydrazine groups is 1. The number of hydrogen-bond acceptors (Lipinski definition) is 6. The molecule has 1 amide bonds. The molecule has 0 fully saturated rings. The van der Waals surface area contributed by atoms with E-state index >= 15 is 0 Å². The minimum absolute atomic E-state index is 0.321. The quantitative estimate of drug-likeness (QED) is 0.310. The molecule has 2 aromatic heterocycles. The van der Waals surface area contributed by atoms with Crippen molar-refractivity contribution in [1.29, 1.82) is 0 Å². The Bertz CT molecular complexity index is 1400. The number of anilines is 1. The summed E-state index contributed by atoms with van der Waals surface area (Å²) in [7, 11) is 0. The zero-order chi connectivity index (χ0) is 22.5. The molecule has 3 aromatic carbocycles. The van der Waals surface area contributed by atoms with Crippen LogP contribution in [0.15, 0.2) is 96.4 Å². The van der Waals surface area contributed by atoms with Crippen molar-refractivity contribution in [3.8, 4) is 16.3 Å². The highest BCUT2D eigenvalue weighted by molar-refractivity contribution is 7.13. The van der Waals surface area contributed by atoms with Gasteiger partial charge in [-0.15, -0.1) is 11.3 Å². The van der Waals surface area contributed by atoms with Crippen LogP contribution in [0.1, 0.15) is 16.1 Å². The lowest BCUT2D eigenvalue weighted by atomic mass is 10.2. The topological polar surface area (TPSA) is 76.1 Å². The van der Waals surface area contributed by atoms with E-state index in [1.807, 2.05) is 91.0 Å². The fraction of sp³-hybridized carbons (Fsp3) is 0.0385. The van der Waals surface area contributed by atoms with Crippen LogP contribution >= 0.6 is 11.3 Å². The highest BCUT2D eigenvalue weighted by Gasteiger charge is 2.15. The summed E-state index contributed by atoms with van der Waals surface area (Å²) in [6, 6.07) is 29.3. The van der Waals surface area contributed by atoms with E-state index in [9.17, 15) is 4.79 Å². The fourth-order valence-corrected chi connectivity index (χ4v) is 4.16. The van der Waals surface area contributed by atoms with E-state index in [1.54, 1.807) is 5.38 Å². The zero-order valence-corrected chi connectivity index (χ0v) is 18.4. The normalized spacial score (nSPS) is 10.7. The molecule has 2 heterocycles. The first-order valence-corrected chi connectivity index (χ1v) is 11.3. The van der Waals surface area contributed by atoms with Crippen molar-refractivity contribution in [3.63, 3.8) is 0 Å². The first-order chi connectivity index (χ1) is 16.3. The van der Waals surface area contributed by atoms with Gasteiger partial charge in [-0.25, -0.2) is 9.97 Å². The summed E-state index contributed by atoms with van der Waals surface area (Å²) >= 11 is 1.40. The molecule has 33 heavy (non-hydrogen) atoms. The second-order valence-corrected chi connectivity index (χ2v) is 8.13. The first kappa shape index (κ1) is 20.7. The Morgan fingerprint density at radius 2 is 1.64 bits per heavy atom. The standard InChI is InChI=1S/C26H20N4O2S/c31-25(30-29-24-15-14-19-10-4-6-12-21(19)27-24)22-17-33-26(28-22)20-11-5-7-13-23(20)32-16-18-8-2-1-3-9-18/h1-15,17H,16H2,(H,27,29)(H,30,31). The zero-order valence-electron chi connectivity index (χ0n) is 17.6. The van der Waals surface area contributed by atoms with Gasteiger partial charge in [0.2, 0.25) is 0 Å². The number of nitrogens with zero attached hydrogens (tertiary/aromatic N) is 2. The van der Waals surface area contributed by atoms with Crippen LogP contribution in [-0.4, -0.2) is 15.9 Å². The van der Waals surface area contributed by atoms with Gasteiger partial charge >= 0.3 is 0 Å². The molecule has 6 nitrogen and oxygen atoms in total. The molecule has 162 valence electrons. The van der Waals surface area contributed by atoms with Gasteiger partial charge in [-0.1, -0.05) is 60.7 Å². The van der Waals surface area contributed by atoms with E-state index in [1.165, 1.54) is 11.3 Å². The summed E-state index contributed by atoms with van der Waals surface area (Å²) in [4.78, 5) is 21.6. The number of hydrogen-bond donors (Lipinski definition) is 2. The Hall–Kier alpha value is -4.23. The number of pyridine rings is 1. The number of thiazole rings is 1. The number of fused-ring (bicyclic) bond motifs is 1. The van der Waals surface area contributed by atoms with Gasteiger partial charge in [-0.05, 0) is 35.9 Å². The van der Waals surface area contributed by atoms with Crippen LogP contribution < -0.4 is 15.6 Å². The molecule has 0 aliphatic carbocycles. The number of rotatable bonds is 7. The summed E-state index contributed by atoms with van der Waals surface area (Å²) in [5, 5.41) is 3.48. The average Bonchev–Trinajstić information content (AvgIpc) is 3.37. The Kier molecular flexibility index (Phi) is 5.95. The third kappa shape index (κ3) is 4.83. The van der Waals surface area contributed by atoms with Crippen molar-refractivity contribution in [2.24, 2.45) is 0 Å². The van der Waals surface area contributed by atoms with E-state index in [0.29, 0.717) is 23.1 Å². The SMILES string of the molecule is O=C(NNc1ccc2ccccc2n1)c1csc(-c2ccccc2OCc2ccccc2)n1. The molecule has 0 saturated carbocycles. The van der Waals surface area contributed by atoms with Gasteiger partial charge in [-0.2, -0.15) is 0 Å². The highest BCUT2D eigenvalue weighted by atomic mass is 32.1. The van der Waals surface area contributed by atoms with Crippen LogP contribution in [0.3, 0.4) is 0 Å². The van der Waals surface area contributed by atoms with Crippen LogP contribution in [0.4, 0.5) is 5.82 Å². The van der Waals surface area contributed by atoms with E-state index < -0.39 is 0 Å². The summed E-state index contributed by atoms with van der Waals surface area (Å²) in [5.41, 5.74) is 8.63. The highest BCUT2D eigenvalue weighted by Crippen LogP contribution is 2.32. The Balaban J connectivity index is 1.27. The number of carbonyl (C=O) groups is 1. The molecule has 0 bridgehead atoms. The molecule has 2 N–H and O–H groups in total. The smallest absolute Gasteiger partial charge is 0.289 e. The van der Waals surface area contributed by atoms with E-state index in [-0.39, 0.29) is 5.91 Å². The van der Waals surface area contributed by atoms with Crippen LogP contribution in [0.5, 0.6) is 5.75 Å². The third-order valence-corrected chi connectivity index (χ3v) is 5.87. The van der Waals surface area contributed by atoms with Crippen LogP contribution in [0.25, 0.3) is 21.5 Å². The monoisotopic (exact) mass is 452 g/mol. The molecule has 7 heteroatoms. The minimum Gasteiger partial charge on any atom is -0.488 e. The molecule has 0 unspecified atom stereocenters. The molecule has 0 saturated heterocycles. The largest absolute Gasteiger partial charge is 0.488 e. The number of ether oxygens (including phenoxy) is 1. The van der Waals surface area contributed by atoms with Gasteiger partial charge in [0.1, 0.15) is 28.9 Å². The number of carbonyl (C=O) groups excluding carboxylic acids is 1. The predicted molar refractivity (Wildman–Crippen MR) is 131 cm³/mol. The summed E-state index contributed by atoms with van der Waals surface area (Å²) in [6.45, 7) is 0.458. The van der Waals surface area contributed by atoms with Crippen molar-refractivity contribution in [2.75, 3.05) is 5.43 Å². The van der Waals surface area contributed by atoms with Crippen LogP contribution in [0.2, 0.25) is 0 Å².